The Hall–Kier alpha value is -8.74. The van der Waals surface area contributed by atoms with E-state index in [4.69, 9.17) is 4.42 Å². The number of fused-ring (bicyclic) bond motifs is 8. The minimum absolute atomic E-state index is 0.0253. The predicted molar refractivity (Wildman–Crippen MR) is 352 cm³/mol. The summed E-state index contributed by atoms with van der Waals surface area (Å²) in [6.45, 7) is 29.3. The number of aryl methyl sites for hydroxylation is 4. The minimum Gasteiger partial charge on any atom is -0.456 e. The van der Waals surface area contributed by atoms with E-state index in [2.05, 4.69) is 316 Å². The second kappa shape index (κ2) is 19.5. The van der Waals surface area contributed by atoms with Crippen LogP contribution >= 0.6 is 0 Å². The molecular weight excluding hydrogens is 996 g/mol. The molecule has 13 rings (SSSR count). The number of hydrogen-bond acceptors (Lipinski definition) is 5. The van der Waals surface area contributed by atoms with Crippen molar-refractivity contribution >= 4 is 113 Å². The van der Waals surface area contributed by atoms with E-state index in [9.17, 15) is 0 Å². The maximum absolute atomic E-state index is 7.58. The van der Waals surface area contributed by atoms with Crippen molar-refractivity contribution in [2.24, 2.45) is 0 Å². The van der Waals surface area contributed by atoms with Crippen molar-refractivity contribution < 1.29 is 4.42 Å². The first-order chi connectivity index (χ1) is 39.2. The Kier molecular flexibility index (Phi) is 12.5. The summed E-state index contributed by atoms with van der Waals surface area (Å²) >= 11 is 0. The summed E-state index contributed by atoms with van der Waals surface area (Å²) in [5, 5.41) is 2.16. The molecule has 82 heavy (non-hydrogen) atoms. The van der Waals surface area contributed by atoms with Crippen LogP contribution in [0.5, 0.6) is 0 Å². The molecule has 0 atom stereocenters. The molecule has 2 aliphatic heterocycles. The number of nitrogens with zero attached hydrogens (tertiary/aromatic N) is 4. The van der Waals surface area contributed by atoms with E-state index in [0.29, 0.717) is 0 Å². The first-order valence-electron chi connectivity index (χ1n) is 29.2. The zero-order valence-electron chi connectivity index (χ0n) is 49.9. The van der Waals surface area contributed by atoms with Crippen molar-refractivity contribution in [1.29, 1.82) is 0 Å². The van der Waals surface area contributed by atoms with Crippen molar-refractivity contribution in [3.8, 4) is 0 Å². The summed E-state index contributed by atoms with van der Waals surface area (Å²) in [4.78, 5) is 10.0. The van der Waals surface area contributed by atoms with Crippen LogP contribution in [0.15, 0.2) is 211 Å². The van der Waals surface area contributed by atoms with Crippen molar-refractivity contribution in [2.45, 2.75) is 106 Å². The summed E-state index contributed by atoms with van der Waals surface area (Å²) in [6, 6.07) is 77.9. The van der Waals surface area contributed by atoms with E-state index in [1.807, 2.05) is 0 Å². The summed E-state index contributed by atoms with van der Waals surface area (Å²) in [5.74, 6) is 0. The van der Waals surface area contributed by atoms with E-state index in [0.717, 1.165) is 95.6 Å². The highest BCUT2D eigenvalue weighted by molar-refractivity contribution is 7.01. The molecular formula is C76H73BN4O. The van der Waals surface area contributed by atoms with E-state index in [1.165, 1.54) is 49.9 Å². The molecule has 2 aliphatic rings. The molecule has 1 aromatic heterocycles. The standard InChI is InChI=1S/C76H73BN4O/c1-48-18-30-55(31-19-48)78(56-32-20-49(2)21-33-56)61-42-43-63-64(46-61)80(59-38-26-52(27-39-59)74(5,6)7)66-44-54(76(11,12)13)45-67-71(66)77(63)72-68(81(67)60-40-28-53(29-41-60)75(8,9)10)47-65(70-62-16-14-15-17-69(62)82-73(70)72)79(57-34-22-50(3)23-35-57)58-36-24-51(4)25-37-58/h14-47H,1-13H3. The van der Waals surface area contributed by atoms with Gasteiger partial charge in [0.1, 0.15) is 11.2 Å². The van der Waals surface area contributed by atoms with Gasteiger partial charge in [-0.3, -0.25) is 0 Å². The Labute approximate surface area is 486 Å². The second-order valence-corrected chi connectivity index (χ2v) is 26.3. The molecule has 0 saturated carbocycles. The summed E-state index contributed by atoms with van der Waals surface area (Å²) in [5.41, 5.74) is 27.0. The van der Waals surface area contributed by atoms with Gasteiger partial charge in [-0.1, -0.05) is 182 Å². The molecule has 6 heteroatoms. The molecule has 0 bridgehead atoms. The van der Waals surface area contributed by atoms with Crippen LogP contribution in [0.3, 0.4) is 0 Å². The summed E-state index contributed by atoms with van der Waals surface area (Å²) in [6.07, 6.45) is 0. The predicted octanol–water partition coefficient (Wildman–Crippen LogP) is 19.7. The Morgan fingerprint density at radius 2 is 0.768 bits per heavy atom. The molecule has 0 fully saturated rings. The normalized spacial score (nSPS) is 13.1. The van der Waals surface area contributed by atoms with Crippen LogP contribution in [0.4, 0.5) is 68.2 Å². The van der Waals surface area contributed by atoms with Gasteiger partial charge in [0.25, 0.3) is 6.71 Å². The van der Waals surface area contributed by atoms with Crippen LogP contribution in [-0.2, 0) is 16.2 Å². The Balaban J connectivity index is 1.18. The van der Waals surface area contributed by atoms with Crippen LogP contribution in [-0.4, -0.2) is 6.71 Å². The fourth-order valence-electron chi connectivity index (χ4n) is 12.5. The van der Waals surface area contributed by atoms with Crippen molar-refractivity contribution in [1.82, 2.24) is 0 Å². The fourth-order valence-corrected chi connectivity index (χ4v) is 12.5. The smallest absolute Gasteiger partial charge is 0.257 e. The first-order valence-corrected chi connectivity index (χ1v) is 29.2. The van der Waals surface area contributed by atoms with Gasteiger partial charge in [0.2, 0.25) is 0 Å². The number of furan rings is 1. The third-order valence-electron chi connectivity index (χ3n) is 17.2. The maximum Gasteiger partial charge on any atom is 0.257 e. The third kappa shape index (κ3) is 9.04. The average molecular weight is 1070 g/mol. The largest absolute Gasteiger partial charge is 0.456 e. The number of hydrogen-bond donors (Lipinski definition) is 0. The van der Waals surface area contributed by atoms with Gasteiger partial charge in [-0.25, -0.2) is 0 Å². The average Bonchev–Trinajstić information content (AvgIpc) is 3.23. The second-order valence-electron chi connectivity index (χ2n) is 26.3. The Morgan fingerprint density at radius 1 is 0.366 bits per heavy atom. The van der Waals surface area contributed by atoms with E-state index in [-0.39, 0.29) is 23.0 Å². The van der Waals surface area contributed by atoms with Gasteiger partial charge in [0, 0.05) is 67.9 Å². The van der Waals surface area contributed by atoms with E-state index < -0.39 is 0 Å². The number of anilines is 12. The molecule has 0 unspecified atom stereocenters. The maximum atomic E-state index is 7.58. The fraction of sp³-hybridized carbons (Fsp3) is 0.211. The van der Waals surface area contributed by atoms with Gasteiger partial charge >= 0.3 is 0 Å². The lowest BCUT2D eigenvalue weighted by Crippen LogP contribution is -2.61. The van der Waals surface area contributed by atoms with Crippen LogP contribution in [0.1, 0.15) is 101 Å². The highest BCUT2D eigenvalue weighted by atomic mass is 16.3. The monoisotopic (exact) mass is 1070 g/mol. The summed E-state index contributed by atoms with van der Waals surface area (Å²) < 4.78 is 7.58. The molecule has 0 radical (unpaired) electrons. The number of rotatable bonds is 8. The van der Waals surface area contributed by atoms with Crippen LogP contribution in [0.2, 0.25) is 0 Å². The van der Waals surface area contributed by atoms with Gasteiger partial charge in [0.05, 0.1) is 11.1 Å². The van der Waals surface area contributed by atoms with Crippen molar-refractivity contribution in [2.75, 3.05) is 19.6 Å². The van der Waals surface area contributed by atoms with Gasteiger partial charge < -0.3 is 24.0 Å². The zero-order chi connectivity index (χ0) is 57.1. The molecule has 10 aromatic carbocycles. The van der Waals surface area contributed by atoms with Crippen molar-refractivity contribution in [3.05, 3.63) is 245 Å². The minimum atomic E-state index is -0.246. The molecule has 5 nitrogen and oxygen atoms in total. The Morgan fingerprint density at radius 3 is 1.22 bits per heavy atom. The third-order valence-corrected chi connectivity index (χ3v) is 17.2. The van der Waals surface area contributed by atoms with Crippen LogP contribution < -0.4 is 36.0 Å². The topological polar surface area (TPSA) is 26.1 Å². The number of benzene rings is 10. The molecule has 3 heterocycles. The molecule has 11 aromatic rings. The Bertz CT molecular complexity index is 4120. The highest BCUT2D eigenvalue weighted by Gasteiger charge is 2.47. The van der Waals surface area contributed by atoms with Gasteiger partial charge in [0.15, 0.2) is 0 Å². The van der Waals surface area contributed by atoms with E-state index in [1.54, 1.807) is 0 Å². The lowest BCUT2D eigenvalue weighted by Gasteiger charge is -2.45. The number of para-hydroxylation sites is 1. The molecule has 0 aliphatic carbocycles. The molecule has 0 spiro atoms. The lowest BCUT2D eigenvalue weighted by atomic mass is 9.33. The summed E-state index contributed by atoms with van der Waals surface area (Å²) in [7, 11) is 0. The first kappa shape index (κ1) is 52.6. The van der Waals surface area contributed by atoms with E-state index >= 15 is 0 Å². The molecule has 406 valence electrons. The van der Waals surface area contributed by atoms with Gasteiger partial charge in [-0.2, -0.15) is 0 Å². The van der Waals surface area contributed by atoms with Crippen LogP contribution in [0, 0.1) is 27.7 Å². The zero-order valence-corrected chi connectivity index (χ0v) is 49.9. The molecule has 0 saturated heterocycles. The molecule has 0 N–H and O–H groups in total. The lowest BCUT2D eigenvalue weighted by molar-refractivity contribution is 0.590. The quantitative estimate of drug-likeness (QED) is 0.141. The van der Waals surface area contributed by atoms with Gasteiger partial charge in [-0.05, 0) is 186 Å². The highest BCUT2D eigenvalue weighted by Crippen LogP contribution is 2.52. The molecule has 0 amide bonds. The van der Waals surface area contributed by atoms with Gasteiger partial charge in [-0.15, -0.1) is 0 Å². The van der Waals surface area contributed by atoms with Crippen LogP contribution in [0.25, 0.3) is 21.9 Å². The SMILES string of the molecule is Cc1ccc(N(c2ccc(C)cc2)c2ccc3c(c2)N(c2ccc(C(C)(C)C)cc2)c2cc(C(C)(C)C)cc4c2B3c2c(cc(N(c3ccc(C)cc3)c3ccc(C)cc3)c3c2oc2ccccc23)N4c2ccc(C(C)(C)C)cc2)cc1. The van der Waals surface area contributed by atoms with Crippen molar-refractivity contribution in [3.63, 3.8) is 0 Å².